The highest BCUT2D eigenvalue weighted by Crippen LogP contribution is 2.41. The number of pyridine rings is 1. The Morgan fingerprint density at radius 1 is 1.18 bits per heavy atom. The molecule has 1 aliphatic heterocycles. The lowest BCUT2D eigenvalue weighted by atomic mass is 9.96. The number of carbonyl (C=O) groups is 1. The maximum atomic E-state index is 11.6. The highest BCUT2D eigenvalue weighted by Gasteiger charge is 2.41. The third-order valence-corrected chi connectivity index (χ3v) is 6.79. The van der Waals surface area contributed by atoms with Crippen molar-refractivity contribution in [2.24, 2.45) is 0 Å². The number of thiocarbonyl (C=S) groups is 1. The van der Waals surface area contributed by atoms with Gasteiger partial charge in [0.15, 0.2) is 5.11 Å². The topological polar surface area (TPSA) is 70.4 Å². The fourth-order valence-electron chi connectivity index (χ4n) is 4.75. The van der Waals surface area contributed by atoms with Gasteiger partial charge in [0, 0.05) is 29.8 Å². The number of nitrogens with one attached hydrogen (secondary N) is 1. The van der Waals surface area contributed by atoms with Crippen LogP contribution in [0.3, 0.4) is 0 Å². The van der Waals surface area contributed by atoms with E-state index in [9.17, 15) is 9.90 Å². The fourth-order valence-corrected chi connectivity index (χ4v) is 5.09. The first kappa shape index (κ1) is 23.0. The molecule has 0 radical (unpaired) electrons. The lowest BCUT2D eigenvalue weighted by Crippen LogP contribution is -2.30. The van der Waals surface area contributed by atoms with Crippen molar-refractivity contribution in [3.05, 3.63) is 82.4 Å². The van der Waals surface area contributed by atoms with E-state index in [1.54, 1.807) is 12.1 Å². The third-order valence-electron chi connectivity index (χ3n) is 6.44. The van der Waals surface area contributed by atoms with Crippen molar-refractivity contribution in [1.29, 1.82) is 0 Å². The number of hydrogen-bond donors (Lipinski definition) is 2. The summed E-state index contributed by atoms with van der Waals surface area (Å²) in [6.45, 7) is 9.23. The van der Waals surface area contributed by atoms with Crippen LogP contribution in [0.5, 0.6) is 0 Å². The van der Waals surface area contributed by atoms with Gasteiger partial charge in [-0.1, -0.05) is 25.5 Å². The van der Waals surface area contributed by atoms with Crippen LogP contribution in [0.2, 0.25) is 0 Å². The Bertz CT molecular complexity index is 1190. The van der Waals surface area contributed by atoms with Crippen LogP contribution in [0.4, 0.5) is 0 Å². The molecule has 3 heterocycles. The summed E-state index contributed by atoms with van der Waals surface area (Å²) in [6, 6.07) is 13.4. The van der Waals surface area contributed by atoms with E-state index in [2.05, 4.69) is 46.6 Å². The second-order valence-corrected chi connectivity index (χ2v) is 9.03. The van der Waals surface area contributed by atoms with Gasteiger partial charge in [0.2, 0.25) is 0 Å². The molecule has 2 unspecified atom stereocenters. The number of rotatable bonds is 7. The quantitative estimate of drug-likeness (QED) is 0.466. The van der Waals surface area contributed by atoms with Crippen LogP contribution in [0.1, 0.15) is 70.4 Å². The number of aromatic carboxylic acids is 1. The van der Waals surface area contributed by atoms with Crippen molar-refractivity contribution in [3.8, 4) is 5.69 Å². The molecule has 1 saturated heterocycles. The first-order chi connectivity index (χ1) is 15.8. The Hall–Kier alpha value is -3.19. The second kappa shape index (κ2) is 9.35. The number of unbranched alkanes of at least 4 members (excludes halogenated alkanes) is 1. The molecule has 0 bridgehead atoms. The number of hydrogen-bond acceptors (Lipinski definition) is 3. The number of carboxylic acids is 1. The van der Waals surface area contributed by atoms with Gasteiger partial charge in [-0.15, -0.1) is 0 Å². The molecule has 2 atom stereocenters. The summed E-state index contributed by atoms with van der Waals surface area (Å²) in [7, 11) is 0. The monoisotopic (exact) mass is 462 g/mol. The van der Waals surface area contributed by atoms with Crippen LogP contribution in [0, 0.1) is 20.8 Å². The van der Waals surface area contributed by atoms with Gasteiger partial charge in [-0.05, 0) is 80.9 Å². The number of aromatic nitrogens is 2. The van der Waals surface area contributed by atoms with Gasteiger partial charge in [-0.25, -0.2) is 4.79 Å². The van der Waals surface area contributed by atoms with Gasteiger partial charge in [0.05, 0.1) is 23.3 Å². The molecule has 0 amide bonds. The van der Waals surface area contributed by atoms with Crippen LogP contribution in [0.15, 0.2) is 48.7 Å². The minimum absolute atomic E-state index is 0.00172. The molecular weight excluding hydrogens is 432 g/mol. The van der Waals surface area contributed by atoms with Crippen molar-refractivity contribution in [2.75, 3.05) is 6.54 Å². The second-order valence-electron chi connectivity index (χ2n) is 8.64. The lowest BCUT2D eigenvalue weighted by molar-refractivity contribution is 0.0697. The summed E-state index contributed by atoms with van der Waals surface area (Å²) in [4.78, 5) is 18.5. The molecule has 4 rings (SSSR count). The first-order valence-electron chi connectivity index (χ1n) is 11.3. The zero-order chi connectivity index (χ0) is 23.7. The van der Waals surface area contributed by atoms with Gasteiger partial charge in [0.25, 0.3) is 0 Å². The molecular formula is C26H30N4O2S. The van der Waals surface area contributed by atoms with Crippen LogP contribution in [-0.2, 0) is 0 Å². The van der Waals surface area contributed by atoms with E-state index in [1.807, 2.05) is 37.4 Å². The molecule has 6 nitrogen and oxygen atoms in total. The molecule has 33 heavy (non-hydrogen) atoms. The minimum atomic E-state index is -0.926. The largest absolute Gasteiger partial charge is 0.478 e. The average molecular weight is 463 g/mol. The van der Waals surface area contributed by atoms with E-state index in [0.29, 0.717) is 0 Å². The number of benzene rings is 1. The molecule has 2 N–H and O–H groups in total. The number of carboxylic acid groups (broad SMARTS) is 1. The molecule has 0 saturated carbocycles. The van der Waals surface area contributed by atoms with Crippen LogP contribution in [0.25, 0.3) is 5.69 Å². The molecule has 7 heteroatoms. The molecule has 0 spiro atoms. The van der Waals surface area contributed by atoms with Crippen molar-refractivity contribution >= 4 is 23.3 Å². The normalized spacial score (nSPS) is 17.9. The Morgan fingerprint density at radius 3 is 2.64 bits per heavy atom. The highest BCUT2D eigenvalue weighted by molar-refractivity contribution is 7.80. The highest BCUT2D eigenvalue weighted by atomic mass is 32.1. The predicted molar refractivity (Wildman–Crippen MR) is 134 cm³/mol. The van der Waals surface area contributed by atoms with Gasteiger partial charge in [-0.2, -0.15) is 0 Å². The van der Waals surface area contributed by atoms with Crippen molar-refractivity contribution in [3.63, 3.8) is 0 Å². The molecule has 3 aromatic rings. The molecule has 0 aliphatic carbocycles. The third kappa shape index (κ3) is 4.25. The van der Waals surface area contributed by atoms with Crippen LogP contribution >= 0.6 is 12.2 Å². The zero-order valence-corrected chi connectivity index (χ0v) is 20.3. The van der Waals surface area contributed by atoms with Gasteiger partial charge in [0.1, 0.15) is 0 Å². The van der Waals surface area contributed by atoms with Crippen molar-refractivity contribution < 1.29 is 9.90 Å². The summed E-state index contributed by atoms with van der Waals surface area (Å²) in [6.07, 6.45) is 3.95. The van der Waals surface area contributed by atoms with Crippen LogP contribution in [-0.4, -0.2) is 37.2 Å². The van der Waals surface area contributed by atoms with Gasteiger partial charge < -0.3 is 19.9 Å². The standard InChI is InChI=1S/C26H30N4O2S/c1-5-6-13-29-24(23(28-26(29)33)21-9-7-8-12-27-21)20-14-17(3)30(18(20)4)22-15-19(25(31)32)11-10-16(22)2/h7-12,14-15,23-24H,5-6,13H2,1-4H3,(H,28,33)(H,31,32). The first-order valence-corrected chi connectivity index (χ1v) is 11.8. The fraction of sp³-hybridized carbons (Fsp3) is 0.346. The molecule has 1 fully saturated rings. The zero-order valence-electron chi connectivity index (χ0n) is 19.5. The Morgan fingerprint density at radius 2 is 1.97 bits per heavy atom. The number of nitrogens with zero attached hydrogens (tertiary/aromatic N) is 3. The Kier molecular flexibility index (Phi) is 6.51. The molecule has 172 valence electrons. The summed E-state index contributed by atoms with van der Waals surface area (Å²) in [5.41, 5.74) is 6.46. The Labute approximate surface area is 200 Å². The average Bonchev–Trinajstić information content (AvgIpc) is 3.28. The lowest BCUT2D eigenvalue weighted by Gasteiger charge is -2.28. The van der Waals surface area contributed by atoms with Crippen LogP contribution < -0.4 is 5.32 Å². The van der Waals surface area contributed by atoms with E-state index in [1.165, 1.54) is 5.56 Å². The Balaban J connectivity index is 1.85. The van der Waals surface area contributed by atoms with Gasteiger partial charge >= 0.3 is 5.97 Å². The summed E-state index contributed by atoms with van der Waals surface area (Å²) >= 11 is 5.77. The molecule has 1 aromatic carbocycles. The smallest absolute Gasteiger partial charge is 0.335 e. The van der Waals surface area contributed by atoms with E-state index in [0.717, 1.165) is 52.8 Å². The molecule has 1 aliphatic rings. The maximum absolute atomic E-state index is 11.6. The summed E-state index contributed by atoms with van der Waals surface area (Å²) < 4.78 is 2.16. The summed E-state index contributed by atoms with van der Waals surface area (Å²) in [5, 5.41) is 13.8. The van der Waals surface area contributed by atoms with E-state index < -0.39 is 5.97 Å². The minimum Gasteiger partial charge on any atom is -0.478 e. The van der Waals surface area contributed by atoms with E-state index in [4.69, 9.17) is 12.2 Å². The van der Waals surface area contributed by atoms with E-state index in [-0.39, 0.29) is 17.6 Å². The predicted octanol–water partition coefficient (Wildman–Crippen LogP) is 5.27. The van der Waals surface area contributed by atoms with Crippen molar-refractivity contribution in [2.45, 2.75) is 52.6 Å². The van der Waals surface area contributed by atoms with Crippen molar-refractivity contribution in [1.82, 2.24) is 19.8 Å². The SMILES string of the molecule is CCCCN1C(=S)NC(c2ccccn2)C1c1cc(C)n(-c2cc(C(=O)O)ccc2C)c1C. The van der Waals surface area contributed by atoms with Gasteiger partial charge in [-0.3, -0.25) is 4.98 Å². The molecule has 2 aromatic heterocycles. The van der Waals surface area contributed by atoms with E-state index >= 15 is 0 Å². The summed E-state index contributed by atoms with van der Waals surface area (Å²) in [5.74, 6) is -0.926. The maximum Gasteiger partial charge on any atom is 0.335 e. The number of aryl methyl sites for hydroxylation is 2.